The molecule has 1 saturated heterocycles. The van der Waals surface area contributed by atoms with Gasteiger partial charge in [0, 0.05) is 32.7 Å². The molecule has 0 unspecified atom stereocenters. The van der Waals surface area contributed by atoms with Gasteiger partial charge < -0.3 is 4.90 Å². The van der Waals surface area contributed by atoms with E-state index < -0.39 is 17.3 Å². The van der Waals surface area contributed by atoms with Crippen molar-refractivity contribution >= 4 is 26.6 Å². The quantitative estimate of drug-likeness (QED) is 0.778. The van der Waals surface area contributed by atoms with Crippen LogP contribution in [-0.2, 0) is 6.18 Å². The summed E-state index contributed by atoms with van der Waals surface area (Å²) in [6, 6.07) is 3.40. The van der Waals surface area contributed by atoms with Crippen LogP contribution in [-0.4, -0.2) is 42.6 Å². The van der Waals surface area contributed by atoms with Crippen LogP contribution in [0.4, 0.5) is 18.3 Å². The highest BCUT2D eigenvalue weighted by atomic mass is 32.1. The van der Waals surface area contributed by atoms with Crippen LogP contribution in [0.3, 0.4) is 0 Å². The first kappa shape index (κ1) is 19.2. The Labute approximate surface area is 164 Å². The average molecular weight is 408 g/mol. The van der Waals surface area contributed by atoms with E-state index in [1.807, 2.05) is 4.90 Å². The molecule has 0 bridgehead atoms. The van der Waals surface area contributed by atoms with Crippen molar-refractivity contribution in [1.82, 2.24) is 9.88 Å². The molecule has 2 fully saturated rings. The predicted molar refractivity (Wildman–Crippen MR) is 102 cm³/mol. The van der Waals surface area contributed by atoms with Crippen molar-refractivity contribution in [2.24, 2.45) is 5.92 Å². The summed E-state index contributed by atoms with van der Waals surface area (Å²) in [6.45, 7) is 4.27. The lowest BCUT2D eigenvalue weighted by atomic mass is 9.85. The molecule has 1 aliphatic carbocycles. The molecule has 0 N–H and O–H groups in total. The normalized spacial score (nSPS) is 18.9. The summed E-state index contributed by atoms with van der Waals surface area (Å²) in [6.07, 6.45) is -0.709. The number of alkyl halides is 3. The summed E-state index contributed by atoms with van der Waals surface area (Å²) >= 11 is 1.12. The summed E-state index contributed by atoms with van der Waals surface area (Å²) in [5.74, 6) is 0.794. The van der Waals surface area contributed by atoms with Crippen molar-refractivity contribution in [2.75, 3.05) is 37.6 Å². The number of fused-ring (bicyclic) bond motifs is 1. The van der Waals surface area contributed by atoms with Crippen LogP contribution < -0.4 is 10.5 Å². The number of rotatable bonds is 3. The van der Waals surface area contributed by atoms with E-state index in [0.29, 0.717) is 18.2 Å². The van der Waals surface area contributed by atoms with Gasteiger partial charge in [0.1, 0.15) is 6.07 Å². The van der Waals surface area contributed by atoms with E-state index in [4.69, 9.17) is 0 Å². The Hall–Kier alpha value is -2.18. The lowest BCUT2D eigenvalue weighted by Gasteiger charge is -2.38. The first-order chi connectivity index (χ1) is 13.3. The van der Waals surface area contributed by atoms with E-state index >= 15 is 0 Å². The summed E-state index contributed by atoms with van der Waals surface area (Å²) in [5, 5.41) is 9.63. The molecule has 148 valence electrons. The first-order valence-corrected chi connectivity index (χ1v) is 10.1. The molecule has 1 aliphatic heterocycles. The molecule has 9 heteroatoms. The first-order valence-electron chi connectivity index (χ1n) is 9.28. The lowest BCUT2D eigenvalue weighted by Crippen LogP contribution is -2.48. The second kappa shape index (κ2) is 7.33. The molecule has 4 rings (SSSR count). The zero-order chi connectivity index (χ0) is 19.9. The fourth-order valence-corrected chi connectivity index (χ4v) is 4.80. The van der Waals surface area contributed by atoms with Crippen LogP contribution in [0.2, 0.25) is 0 Å². The van der Waals surface area contributed by atoms with Gasteiger partial charge in [0.15, 0.2) is 5.13 Å². The van der Waals surface area contributed by atoms with E-state index in [-0.39, 0.29) is 15.6 Å². The van der Waals surface area contributed by atoms with Gasteiger partial charge in [0.25, 0.3) is 5.56 Å². The average Bonchev–Trinajstić information content (AvgIpc) is 2.63. The highest BCUT2D eigenvalue weighted by Crippen LogP contribution is 2.35. The summed E-state index contributed by atoms with van der Waals surface area (Å²) < 4.78 is 39.4. The van der Waals surface area contributed by atoms with Crippen molar-refractivity contribution < 1.29 is 13.2 Å². The van der Waals surface area contributed by atoms with Crippen LogP contribution in [0.5, 0.6) is 0 Å². The van der Waals surface area contributed by atoms with Crippen molar-refractivity contribution in [3.05, 3.63) is 33.6 Å². The number of nitriles is 1. The number of hydrogen-bond acceptors (Lipinski definition) is 6. The number of halogens is 3. The van der Waals surface area contributed by atoms with E-state index in [1.54, 1.807) is 6.07 Å². The molecule has 2 heterocycles. The van der Waals surface area contributed by atoms with Gasteiger partial charge in [0.2, 0.25) is 0 Å². The standard InChI is InChI=1S/C19H19F3N4OS/c20-19(21,22)14-8-13(10-23)16-15(9-14)17(27)24-18(28-16)26-6-4-25(5-7-26)11-12-2-1-3-12/h8-9,12H,1-7,11H2. The highest BCUT2D eigenvalue weighted by molar-refractivity contribution is 7.22. The molecule has 0 atom stereocenters. The Morgan fingerprint density at radius 2 is 1.93 bits per heavy atom. The number of hydrogen-bond donors (Lipinski definition) is 0. The van der Waals surface area contributed by atoms with Crippen molar-refractivity contribution in [2.45, 2.75) is 25.4 Å². The molecule has 0 spiro atoms. The maximum absolute atomic E-state index is 13.0. The third-order valence-electron chi connectivity index (χ3n) is 5.54. The van der Waals surface area contributed by atoms with E-state index in [9.17, 15) is 23.2 Å². The van der Waals surface area contributed by atoms with Crippen LogP contribution in [0.25, 0.3) is 10.1 Å². The monoisotopic (exact) mass is 408 g/mol. The Bertz CT molecular complexity index is 986. The summed E-state index contributed by atoms with van der Waals surface area (Å²) in [4.78, 5) is 20.9. The molecule has 28 heavy (non-hydrogen) atoms. The third kappa shape index (κ3) is 3.71. The van der Waals surface area contributed by atoms with Crippen LogP contribution in [0, 0.1) is 17.2 Å². The fourth-order valence-electron chi connectivity index (χ4n) is 3.70. The number of benzene rings is 1. The van der Waals surface area contributed by atoms with Gasteiger partial charge >= 0.3 is 6.18 Å². The van der Waals surface area contributed by atoms with Gasteiger partial charge in [-0.1, -0.05) is 17.8 Å². The van der Waals surface area contributed by atoms with E-state index in [1.165, 1.54) is 19.3 Å². The summed E-state index contributed by atoms with van der Waals surface area (Å²) in [5.41, 5.74) is -1.86. The van der Waals surface area contributed by atoms with Crippen molar-refractivity contribution in [3.8, 4) is 6.07 Å². The topological polar surface area (TPSA) is 60.2 Å². The molecule has 0 radical (unpaired) electrons. The predicted octanol–water partition coefficient (Wildman–Crippen LogP) is 3.47. The van der Waals surface area contributed by atoms with Gasteiger partial charge in [-0.3, -0.25) is 9.69 Å². The third-order valence-corrected chi connectivity index (χ3v) is 6.72. The molecule has 1 aromatic heterocycles. The second-order valence-electron chi connectivity index (χ2n) is 7.40. The van der Waals surface area contributed by atoms with E-state index in [2.05, 4.69) is 9.88 Å². The van der Waals surface area contributed by atoms with Gasteiger partial charge in [-0.15, -0.1) is 0 Å². The molecule has 0 amide bonds. The van der Waals surface area contributed by atoms with E-state index in [0.717, 1.165) is 49.0 Å². The largest absolute Gasteiger partial charge is 0.416 e. The van der Waals surface area contributed by atoms with Gasteiger partial charge in [-0.2, -0.15) is 23.4 Å². The zero-order valence-corrected chi connectivity index (χ0v) is 15.9. The summed E-state index contributed by atoms with van der Waals surface area (Å²) in [7, 11) is 0. The smallest absolute Gasteiger partial charge is 0.345 e. The minimum atomic E-state index is -4.62. The van der Waals surface area contributed by atoms with Gasteiger partial charge in [0.05, 0.1) is 21.2 Å². The van der Waals surface area contributed by atoms with Crippen molar-refractivity contribution in [3.63, 3.8) is 0 Å². The molecule has 2 aliphatic rings. The Balaban J connectivity index is 1.61. The van der Waals surface area contributed by atoms with Crippen LogP contribution in [0.1, 0.15) is 30.4 Å². The number of anilines is 1. The number of nitrogens with zero attached hydrogens (tertiary/aromatic N) is 4. The van der Waals surface area contributed by atoms with Gasteiger partial charge in [-0.25, -0.2) is 0 Å². The Kier molecular flexibility index (Phi) is 5.02. The molecule has 5 nitrogen and oxygen atoms in total. The molecular formula is C19H19F3N4OS. The SMILES string of the molecule is N#Cc1cc(C(F)(F)F)cc2c(=O)nc(N3CCN(CC4CCC4)CC3)sc12. The zero-order valence-electron chi connectivity index (χ0n) is 15.1. The maximum atomic E-state index is 13.0. The molecule has 1 aromatic carbocycles. The minimum absolute atomic E-state index is 0.140. The Morgan fingerprint density at radius 1 is 1.21 bits per heavy atom. The maximum Gasteiger partial charge on any atom is 0.416 e. The van der Waals surface area contributed by atoms with Gasteiger partial charge in [-0.05, 0) is 30.9 Å². The van der Waals surface area contributed by atoms with Crippen LogP contribution >= 0.6 is 11.3 Å². The molecule has 2 aromatic rings. The second-order valence-corrected chi connectivity index (χ2v) is 8.37. The molecule has 1 saturated carbocycles. The van der Waals surface area contributed by atoms with Crippen molar-refractivity contribution in [1.29, 1.82) is 5.26 Å². The number of piperazine rings is 1. The minimum Gasteiger partial charge on any atom is -0.345 e. The molecular weight excluding hydrogens is 389 g/mol. The number of aromatic nitrogens is 1. The van der Waals surface area contributed by atoms with Crippen LogP contribution in [0.15, 0.2) is 16.9 Å². The highest BCUT2D eigenvalue weighted by Gasteiger charge is 2.32. The fraction of sp³-hybridized carbons (Fsp3) is 0.526. The Morgan fingerprint density at radius 3 is 2.50 bits per heavy atom. The lowest BCUT2D eigenvalue weighted by molar-refractivity contribution is -0.137.